The van der Waals surface area contributed by atoms with E-state index in [-0.39, 0.29) is 18.0 Å². The van der Waals surface area contributed by atoms with Crippen molar-refractivity contribution in [2.45, 2.75) is 25.6 Å². The monoisotopic (exact) mass is 275 g/mol. The van der Waals surface area contributed by atoms with Gasteiger partial charge in [0.05, 0.1) is 18.6 Å². The Balaban J connectivity index is 1.77. The summed E-state index contributed by atoms with van der Waals surface area (Å²) in [6, 6.07) is 9.96. The van der Waals surface area contributed by atoms with Crippen LogP contribution >= 0.6 is 12.2 Å². The van der Waals surface area contributed by atoms with E-state index in [1.54, 1.807) is 4.90 Å². The molecule has 0 radical (unpaired) electrons. The Morgan fingerprint density at radius 3 is 2.89 bits per heavy atom. The van der Waals surface area contributed by atoms with Crippen LogP contribution in [0.15, 0.2) is 30.3 Å². The third-order valence-electron chi connectivity index (χ3n) is 3.75. The molecule has 0 saturated carbocycles. The summed E-state index contributed by atoms with van der Waals surface area (Å²) in [4.78, 5) is 14.2. The molecule has 2 saturated heterocycles. The Kier molecular flexibility index (Phi) is 3.48. The van der Waals surface area contributed by atoms with E-state index in [1.807, 2.05) is 30.3 Å². The van der Waals surface area contributed by atoms with Crippen LogP contribution < -0.4 is 10.6 Å². The quantitative estimate of drug-likeness (QED) is 0.797. The van der Waals surface area contributed by atoms with E-state index in [0.29, 0.717) is 11.7 Å². The molecule has 0 spiro atoms. The zero-order chi connectivity index (χ0) is 13.2. The number of nitrogens with one attached hydrogen (secondary N) is 2. The molecule has 19 heavy (non-hydrogen) atoms. The van der Waals surface area contributed by atoms with Gasteiger partial charge in [0, 0.05) is 0 Å². The second-order valence-corrected chi connectivity index (χ2v) is 5.43. The average Bonchev–Trinajstić information content (AvgIpc) is 2.45. The highest BCUT2D eigenvalue weighted by Crippen LogP contribution is 2.23. The molecule has 3 rings (SSSR count). The van der Waals surface area contributed by atoms with Gasteiger partial charge in [-0.05, 0) is 37.2 Å². The van der Waals surface area contributed by atoms with Crippen molar-refractivity contribution in [2.24, 2.45) is 5.92 Å². The molecule has 2 aliphatic rings. The van der Waals surface area contributed by atoms with E-state index in [4.69, 9.17) is 12.2 Å². The van der Waals surface area contributed by atoms with Gasteiger partial charge in [-0.15, -0.1) is 0 Å². The van der Waals surface area contributed by atoms with Crippen molar-refractivity contribution in [1.29, 1.82) is 0 Å². The molecule has 5 heteroatoms. The number of fused-ring (bicyclic) bond motifs is 1. The fourth-order valence-electron chi connectivity index (χ4n) is 2.73. The minimum absolute atomic E-state index is 0.00385. The number of hydrogen-bond donors (Lipinski definition) is 2. The summed E-state index contributed by atoms with van der Waals surface area (Å²) >= 11 is 5.33. The average molecular weight is 275 g/mol. The van der Waals surface area contributed by atoms with E-state index in [2.05, 4.69) is 10.6 Å². The molecular formula is C14H17N3OS. The highest BCUT2D eigenvalue weighted by atomic mass is 32.1. The Morgan fingerprint density at radius 2 is 2.11 bits per heavy atom. The lowest BCUT2D eigenvalue weighted by Gasteiger charge is -2.42. The number of amides is 1. The number of hydrogen-bond acceptors (Lipinski definition) is 3. The number of carbonyl (C=O) groups excluding carboxylic acids is 1. The molecule has 100 valence electrons. The van der Waals surface area contributed by atoms with Crippen molar-refractivity contribution in [2.75, 3.05) is 6.54 Å². The molecule has 0 bridgehead atoms. The first-order valence-corrected chi connectivity index (χ1v) is 7.06. The van der Waals surface area contributed by atoms with Crippen LogP contribution in [-0.2, 0) is 11.3 Å². The molecule has 2 heterocycles. The number of benzene rings is 1. The summed E-state index contributed by atoms with van der Waals surface area (Å²) in [5.41, 5.74) is 1.10. The minimum Gasteiger partial charge on any atom is -0.346 e. The number of carbonyl (C=O) groups is 1. The van der Waals surface area contributed by atoms with Gasteiger partial charge in [0.2, 0.25) is 5.91 Å². The molecule has 2 fully saturated rings. The predicted octanol–water partition coefficient (Wildman–Crippen LogP) is 1.23. The van der Waals surface area contributed by atoms with Crippen LogP contribution in [0.25, 0.3) is 0 Å². The number of rotatable bonds is 2. The fraction of sp³-hybridized carbons (Fsp3) is 0.429. The molecule has 0 aromatic heterocycles. The van der Waals surface area contributed by atoms with E-state index >= 15 is 0 Å². The Labute approximate surface area is 118 Å². The van der Waals surface area contributed by atoms with Crippen LogP contribution in [0.3, 0.4) is 0 Å². The summed E-state index contributed by atoms with van der Waals surface area (Å²) in [5, 5.41) is 7.10. The van der Waals surface area contributed by atoms with Crippen LogP contribution in [0.4, 0.5) is 0 Å². The lowest BCUT2D eigenvalue weighted by atomic mass is 9.92. The lowest BCUT2D eigenvalue weighted by Crippen LogP contribution is -2.65. The van der Waals surface area contributed by atoms with Gasteiger partial charge in [0.25, 0.3) is 0 Å². The smallest absolute Gasteiger partial charge is 0.235 e. The molecule has 1 amide bonds. The molecule has 1 aromatic rings. The standard InChI is InChI=1S/C14H17N3OS/c18-13-11-7-4-8-15-12(11)16-14(19)17(13)9-10-5-2-1-3-6-10/h1-3,5-6,11-12,15H,4,7-9H2,(H,16,19). The highest BCUT2D eigenvalue weighted by molar-refractivity contribution is 7.80. The van der Waals surface area contributed by atoms with Crippen LogP contribution in [-0.4, -0.2) is 28.6 Å². The minimum atomic E-state index is 0.00385. The second-order valence-electron chi connectivity index (χ2n) is 5.04. The Morgan fingerprint density at radius 1 is 1.32 bits per heavy atom. The van der Waals surface area contributed by atoms with E-state index in [9.17, 15) is 4.79 Å². The van der Waals surface area contributed by atoms with E-state index in [0.717, 1.165) is 24.9 Å². The van der Waals surface area contributed by atoms with Crippen molar-refractivity contribution >= 4 is 23.2 Å². The van der Waals surface area contributed by atoms with Crippen LogP contribution in [0.1, 0.15) is 18.4 Å². The fourth-order valence-corrected chi connectivity index (χ4v) is 3.01. The van der Waals surface area contributed by atoms with Crippen molar-refractivity contribution in [3.05, 3.63) is 35.9 Å². The van der Waals surface area contributed by atoms with Gasteiger partial charge >= 0.3 is 0 Å². The molecular weight excluding hydrogens is 258 g/mol. The number of piperidine rings is 1. The normalized spacial score (nSPS) is 26.8. The van der Waals surface area contributed by atoms with Crippen LogP contribution in [0, 0.1) is 5.92 Å². The van der Waals surface area contributed by atoms with Gasteiger partial charge in [-0.3, -0.25) is 15.0 Å². The van der Waals surface area contributed by atoms with Crippen LogP contribution in [0.2, 0.25) is 0 Å². The van der Waals surface area contributed by atoms with Gasteiger partial charge in [-0.2, -0.15) is 0 Å². The number of thiocarbonyl (C=S) groups is 1. The molecule has 2 aliphatic heterocycles. The summed E-state index contributed by atoms with van der Waals surface area (Å²) in [6.07, 6.45) is 1.98. The Hall–Kier alpha value is -1.46. The third-order valence-corrected chi connectivity index (χ3v) is 4.09. The first-order valence-electron chi connectivity index (χ1n) is 6.65. The molecule has 2 atom stereocenters. The molecule has 1 aromatic carbocycles. The third kappa shape index (κ3) is 2.48. The van der Waals surface area contributed by atoms with Crippen molar-refractivity contribution in [1.82, 2.24) is 15.5 Å². The molecule has 2 N–H and O–H groups in total. The van der Waals surface area contributed by atoms with Gasteiger partial charge in [-0.25, -0.2) is 0 Å². The van der Waals surface area contributed by atoms with Crippen molar-refractivity contribution in [3.63, 3.8) is 0 Å². The summed E-state index contributed by atoms with van der Waals surface area (Å²) < 4.78 is 0. The first kappa shape index (κ1) is 12.6. The first-order chi connectivity index (χ1) is 9.25. The molecule has 2 unspecified atom stereocenters. The Bertz CT molecular complexity index is 491. The van der Waals surface area contributed by atoms with E-state index < -0.39 is 0 Å². The predicted molar refractivity (Wildman–Crippen MR) is 77.2 cm³/mol. The zero-order valence-electron chi connectivity index (χ0n) is 10.6. The topological polar surface area (TPSA) is 44.4 Å². The van der Waals surface area contributed by atoms with Gasteiger partial charge in [0.15, 0.2) is 5.11 Å². The summed E-state index contributed by atoms with van der Waals surface area (Å²) in [5.74, 6) is 0.147. The van der Waals surface area contributed by atoms with Gasteiger partial charge in [-0.1, -0.05) is 30.3 Å². The SMILES string of the molecule is O=C1C2CCCNC2NC(=S)N1Cc1ccccc1. The molecule has 4 nitrogen and oxygen atoms in total. The largest absolute Gasteiger partial charge is 0.346 e. The van der Waals surface area contributed by atoms with E-state index in [1.165, 1.54) is 0 Å². The number of nitrogens with zero attached hydrogens (tertiary/aromatic N) is 1. The maximum Gasteiger partial charge on any atom is 0.235 e. The highest BCUT2D eigenvalue weighted by Gasteiger charge is 2.40. The maximum absolute atomic E-state index is 12.5. The maximum atomic E-state index is 12.5. The van der Waals surface area contributed by atoms with Crippen molar-refractivity contribution in [3.8, 4) is 0 Å². The summed E-state index contributed by atoms with van der Waals surface area (Å²) in [7, 11) is 0. The van der Waals surface area contributed by atoms with Crippen LogP contribution in [0.5, 0.6) is 0 Å². The zero-order valence-corrected chi connectivity index (χ0v) is 11.5. The van der Waals surface area contributed by atoms with Gasteiger partial charge < -0.3 is 5.32 Å². The summed E-state index contributed by atoms with van der Waals surface area (Å²) in [6.45, 7) is 1.50. The lowest BCUT2D eigenvalue weighted by molar-refractivity contribution is -0.135. The van der Waals surface area contributed by atoms with Crippen molar-refractivity contribution < 1.29 is 4.79 Å². The van der Waals surface area contributed by atoms with Gasteiger partial charge in [0.1, 0.15) is 0 Å². The molecule has 0 aliphatic carbocycles. The second kappa shape index (κ2) is 5.27.